The van der Waals surface area contributed by atoms with E-state index in [0.717, 1.165) is 19.3 Å². The summed E-state index contributed by atoms with van der Waals surface area (Å²) in [6, 6.07) is 0.0219. The van der Waals surface area contributed by atoms with Crippen LogP contribution < -0.4 is 5.73 Å². The second kappa shape index (κ2) is 4.41. The molecule has 0 aromatic carbocycles. The van der Waals surface area contributed by atoms with Crippen LogP contribution in [0.25, 0.3) is 0 Å². The second-order valence-corrected chi connectivity index (χ2v) is 4.87. The average molecular weight is 226 g/mol. The molecular weight excluding hydrogens is 208 g/mol. The van der Waals surface area contributed by atoms with Crippen LogP contribution in [0.15, 0.2) is 0 Å². The fourth-order valence-corrected chi connectivity index (χ4v) is 2.78. The van der Waals surface area contributed by atoms with E-state index >= 15 is 0 Å². The summed E-state index contributed by atoms with van der Waals surface area (Å²) in [5, 5.41) is 8.99. The fraction of sp³-hybridized carbons (Fsp3) is 0.818. The summed E-state index contributed by atoms with van der Waals surface area (Å²) in [5.74, 6) is -0.937. The molecule has 3 atom stereocenters. The Balaban J connectivity index is 1.99. The number of hydrogen-bond donors (Lipinski definition) is 2. The molecule has 3 unspecified atom stereocenters. The van der Waals surface area contributed by atoms with Crippen molar-refractivity contribution in [3.05, 3.63) is 0 Å². The van der Waals surface area contributed by atoms with Crippen LogP contribution >= 0.6 is 0 Å². The number of likely N-dealkylation sites (tertiary alicyclic amines) is 1. The summed E-state index contributed by atoms with van der Waals surface area (Å²) >= 11 is 0. The molecule has 16 heavy (non-hydrogen) atoms. The summed E-state index contributed by atoms with van der Waals surface area (Å²) < 4.78 is 0. The number of nitrogens with two attached hydrogens (primary N) is 1. The van der Waals surface area contributed by atoms with E-state index in [1.54, 1.807) is 4.90 Å². The quantitative estimate of drug-likeness (QED) is 0.704. The number of hydrogen-bond acceptors (Lipinski definition) is 3. The van der Waals surface area contributed by atoms with E-state index in [0.29, 0.717) is 19.4 Å². The topological polar surface area (TPSA) is 83.6 Å². The standard InChI is InChI=1S/C11H18N2O3/c12-8-5-10(14)13(6-8)9-3-1-2-7(4-9)11(15)16/h7-9H,1-6,12H2,(H,15,16). The maximum absolute atomic E-state index is 11.7. The van der Waals surface area contributed by atoms with Gasteiger partial charge in [-0.2, -0.15) is 0 Å². The zero-order valence-electron chi connectivity index (χ0n) is 9.26. The number of carbonyl (C=O) groups excluding carboxylic acids is 1. The van der Waals surface area contributed by atoms with Crippen LogP contribution in [0, 0.1) is 5.92 Å². The van der Waals surface area contributed by atoms with Gasteiger partial charge in [-0.3, -0.25) is 9.59 Å². The second-order valence-electron chi connectivity index (χ2n) is 4.87. The SMILES string of the molecule is NC1CC(=O)N(C2CCCC(C(=O)O)C2)C1. The molecule has 0 radical (unpaired) electrons. The molecule has 2 fully saturated rings. The van der Waals surface area contributed by atoms with Gasteiger partial charge in [0.25, 0.3) is 0 Å². The summed E-state index contributed by atoms with van der Waals surface area (Å²) in [6.07, 6.45) is 3.55. The Morgan fingerprint density at radius 1 is 1.44 bits per heavy atom. The zero-order valence-corrected chi connectivity index (χ0v) is 9.26. The van der Waals surface area contributed by atoms with Gasteiger partial charge in [0.15, 0.2) is 0 Å². The molecule has 90 valence electrons. The number of aliphatic carboxylic acids is 1. The normalized spacial score (nSPS) is 35.4. The smallest absolute Gasteiger partial charge is 0.306 e. The third kappa shape index (κ3) is 2.19. The van der Waals surface area contributed by atoms with E-state index in [1.807, 2.05) is 0 Å². The molecule has 0 aromatic heterocycles. The van der Waals surface area contributed by atoms with Crippen molar-refractivity contribution in [3.8, 4) is 0 Å². The van der Waals surface area contributed by atoms with Crippen LogP contribution in [0.5, 0.6) is 0 Å². The monoisotopic (exact) mass is 226 g/mol. The molecule has 1 saturated carbocycles. The lowest BCUT2D eigenvalue weighted by molar-refractivity contribution is -0.144. The van der Waals surface area contributed by atoms with Crippen molar-refractivity contribution in [3.63, 3.8) is 0 Å². The third-order valence-electron chi connectivity index (χ3n) is 3.62. The number of nitrogens with zero attached hydrogens (tertiary/aromatic N) is 1. The minimum absolute atomic E-state index is 0.0716. The number of carboxylic acid groups (broad SMARTS) is 1. The van der Waals surface area contributed by atoms with E-state index in [9.17, 15) is 9.59 Å². The van der Waals surface area contributed by atoms with Crippen molar-refractivity contribution in [2.24, 2.45) is 11.7 Å². The molecule has 2 rings (SSSR count). The van der Waals surface area contributed by atoms with Crippen molar-refractivity contribution in [2.75, 3.05) is 6.54 Å². The van der Waals surface area contributed by atoms with Gasteiger partial charge in [0.05, 0.1) is 5.92 Å². The summed E-state index contributed by atoms with van der Waals surface area (Å²) in [7, 11) is 0. The van der Waals surface area contributed by atoms with Gasteiger partial charge in [0.2, 0.25) is 5.91 Å². The molecule has 5 nitrogen and oxygen atoms in total. The number of rotatable bonds is 2. The van der Waals surface area contributed by atoms with Gasteiger partial charge >= 0.3 is 5.97 Å². The van der Waals surface area contributed by atoms with E-state index < -0.39 is 5.97 Å². The van der Waals surface area contributed by atoms with Gasteiger partial charge in [-0.15, -0.1) is 0 Å². The lowest BCUT2D eigenvalue weighted by Gasteiger charge is -2.33. The van der Waals surface area contributed by atoms with Crippen LogP contribution in [0.1, 0.15) is 32.1 Å². The molecule has 0 spiro atoms. The Morgan fingerprint density at radius 3 is 2.75 bits per heavy atom. The molecule has 0 aromatic rings. The summed E-state index contributed by atoms with van der Waals surface area (Å²) in [4.78, 5) is 24.4. The first-order valence-electron chi connectivity index (χ1n) is 5.85. The Kier molecular flexibility index (Phi) is 3.14. The minimum Gasteiger partial charge on any atom is -0.481 e. The Morgan fingerprint density at radius 2 is 2.19 bits per heavy atom. The lowest BCUT2D eigenvalue weighted by Crippen LogP contribution is -2.42. The number of carbonyl (C=O) groups is 2. The molecule has 1 aliphatic carbocycles. The van der Waals surface area contributed by atoms with E-state index in [4.69, 9.17) is 10.8 Å². The first-order valence-corrected chi connectivity index (χ1v) is 5.85. The van der Waals surface area contributed by atoms with Crippen molar-refractivity contribution in [1.82, 2.24) is 4.90 Å². The van der Waals surface area contributed by atoms with Crippen LogP contribution in [-0.4, -0.2) is 40.5 Å². The van der Waals surface area contributed by atoms with E-state index in [-0.39, 0.29) is 23.9 Å². The first kappa shape index (κ1) is 11.4. The van der Waals surface area contributed by atoms with Gasteiger partial charge < -0.3 is 15.7 Å². The molecule has 5 heteroatoms. The molecular formula is C11H18N2O3. The molecule has 0 bridgehead atoms. The number of amides is 1. The van der Waals surface area contributed by atoms with Crippen molar-refractivity contribution < 1.29 is 14.7 Å². The fourth-order valence-electron chi connectivity index (χ4n) is 2.78. The molecule has 1 heterocycles. The van der Waals surface area contributed by atoms with E-state index in [1.165, 1.54) is 0 Å². The summed E-state index contributed by atoms with van der Waals surface area (Å²) in [6.45, 7) is 0.593. The van der Waals surface area contributed by atoms with Crippen molar-refractivity contribution >= 4 is 11.9 Å². The molecule has 1 amide bonds. The molecule has 3 N–H and O–H groups in total. The molecule has 1 saturated heterocycles. The van der Waals surface area contributed by atoms with Gasteiger partial charge in [-0.1, -0.05) is 6.42 Å². The summed E-state index contributed by atoms with van der Waals surface area (Å²) in [5.41, 5.74) is 5.74. The van der Waals surface area contributed by atoms with Crippen molar-refractivity contribution in [1.29, 1.82) is 0 Å². The lowest BCUT2D eigenvalue weighted by atomic mass is 9.85. The van der Waals surface area contributed by atoms with Gasteiger partial charge in [0.1, 0.15) is 0 Å². The first-order chi connectivity index (χ1) is 7.58. The van der Waals surface area contributed by atoms with Crippen LogP contribution in [0.2, 0.25) is 0 Å². The highest BCUT2D eigenvalue weighted by atomic mass is 16.4. The maximum Gasteiger partial charge on any atom is 0.306 e. The Labute approximate surface area is 94.6 Å². The molecule has 1 aliphatic heterocycles. The predicted molar refractivity (Wildman–Crippen MR) is 57.7 cm³/mol. The van der Waals surface area contributed by atoms with Crippen LogP contribution in [0.3, 0.4) is 0 Å². The highest BCUT2D eigenvalue weighted by Gasteiger charge is 2.36. The predicted octanol–water partition coefficient (Wildman–Crippen LogP) is 0.189. The Bertz CT molecular complexity index is 306. The number of carboxylic acids is 1. The molecule has 2 aliphatic rings. The van der Waals surface area contributed by atoms with Gasteiger partial charge in [-0.05, 0) is 19.3 Å². The minimum atomic E-state index is -0.736. The van der Waals surface area contributed by atoms with Crippen LogP contribution in [-0.2, 0) is 9.59 Å². The van der Waals surface area contributed by atoms with Gasteiger partial charge in [0, 0.05) is 25.0 Å². The van der Waals surface area contributed by atoms with E-state index in [2.05, 4.69) is 0 Å². The van der Waals surface area contributed by atoms with Gasteiger partial charge in [-0.25, -0.2) is 0 Å². The zero-order chi connectivity index (χ0) is 11.7. The van der Waals surface area contributed by atoms with Crippen LogP contribution in [0.4, 0.5) is 0 Å². The largest absolute Gasteiger partial charge is 0.481 e. The van der Waals surface area contributed by atoms with Crippen molar-refractivity contribution in [2.45, 2.75) is 44.2 Å². The highest BCUT2D eigenvalue weighted by molar-refractivity contribution is 5.79. The Hall–Kier alpha value is -1.10. The third-order valence-corrected chi connectivity index (χ3v) is 3.62. The highest BCUT2D eigenvalue weighted by Crippen LogP contribution is 2.30. The average Bonchev–Trinajstić information content (AvgIpc) is 2.58. The maximum atomic E-state index is 11.7.